The molecule has 0 aliphatic carbocycles. The number of aromatic hydroxyl groups is 1. The van der Waals surface area contributed by atoms with Crippen molar-refractivity contribution in [2.45, 2.75) is 25.4 Å². The molecule has 1 N–H and O–H groups in total. The summed E-state index contributed by atoms with van der Waals surface area (Å²) in [6, 6.07) is 12.0. The Labute approximate surface area is 115 Å². The van der Waals surface area contributed by atoms with Gasteiger partial charge in [-0.05, 0) is 35.7 Å². The molecule has 0 fully saturated rings. The Morgan fingerprint density at radius 3 is 2.15 bits per heavy atom. The fourth-order valence-corrected chi connectivity index (χ4v) is 2.40. The number of halogens is 3. The lowest BCUT2D eigenvalue weighted by molar-refractivity contribution is -0.138. The molecule has 2 rings (SSSR count). The van der Waals surface area contributed by atoms with Crippen molar-refractivity contribution in [3.63, 3.8) is 0 Å². The van der Waals surface area contributed by atoms with Crippen LogP contribution in [-0.2, 0) is 6.18 Å². The highest BCUT2D eigenvalue weighted by atomic mass is 19.4. The predicted molar refractivity (Wildman–Crippen MR) is 71.7 cm³/mol. The third-order valence-electron chi connectivity index (χ3n) is 3.35. The number of phenols is 1. The average molecular weight is 280 g/mol. The summed E-state index contributed by atoms with van der Waals surface area (Å²) in [7, 11) is 0. The first-order valence-electron chi connectivity index (χ1n) is 6.38. The Kier molecular flexibility index (Phi) is 4.02. The normalized spacial score (nSPS) is 13.2. The summed E-state index contributed by atoms with van der Waals surface area (Å²) in [5.74, 6) is -0.235. The zero-order valence-electron chi connectivity index (χ0n) is 11.0. The third kappa shape index (κ3) is 2.95. The van der Waals surface area contributed by atoms with Crippen LogP contribution in [0.3, 0.4) is 0 Å². The maximum Gasteiger partial charge on any atom is 0.416 e. The van der Waals surface area contributed by atoms with Crippen molar-refractivity contribution in [2.24, 2.45) is 0 Å². The van der Waals surface area contributed by atoms with Gasteiger partial charge in [-0.3, -0.25) is 0 Å². The van der Waals surface area contributed by atoms with Crippen molar-refractivity contribution >= 4 is 0 Å². The van der Waals surface area contributed by atoms with Crippen LogP contribution in [0.4, 0.5) is 13.2 Å². The molecule has 0 bridgehead atoms. The van der Waals surface area contributed by atoms with Gasteiger partial charge in [0.05, 0.1) is 5.56 Å². The van der Waals surface area contributed by atoms with E-state index in [4.69, 9.17) is 0 Å². The number of benzene rings is 2. The Balaban J connectivity index is 2.50. The van der Waals surface area contributed by atoms with E-state index < -0.39 is 11.7 Å². The van der Waals surface area contributed by atoms with Crippen molar-refractivity contribution in [3.05, 3.63) is 65.2 Å². The molecule has 1 nitrogen and oxygen atoms in total. The Hall–Kier alpha value is -1.97. The molecule has 0 amide bonds. The van der Waals surface area contributed by atoms with E-state index in [0.29, 0.717) is 6.42 Å². The van der Waals surface area contributed by atoms with Crippen molar-refractivity contribution in [1.29, 1.82) is 0 Å². The van der Waals surface area contributed by atoms with Crippen molar-refractivity contribution in [1.82, 2.24) is 0 Å². The average Bonchev–Trinajstić information content (AvgIpc) is 2.41. The molecule has 1 unspecified atom stereocenters. The van der Waals surface area contributed by atoms with Crippen LogP contribution in [0.5, 0.6) is 5.75 Å². The van der Waals surface area contributed by atoms with Gasteiger partial charge in [0.2, 0.25) is 0 Å². The minimum absolute atomic E-state index is 0.104. The molecule has 0 saturated heterocycles. The van der Waals surface area contributed by atoms with Crippen LogP contribution in [0.2, 0.25) is 0 Å². The standard InChI is InChI=1S/C16H15F3O/c1-2-13(11-7-9-12(20)10-8-11)14-5-3-4-6-15(14)16(17,18)19/h3-10,13,20H,2H2,1H3. The Morgan fingerprint density at radius 2 is 1.60 bits per heavy atom. The van der Waals surface area contributed by atoms with Gasteiger partial charge in [-0.1, -0.05) is 37.3 Å². The summed E-state index contributed by atoms with van der Waals surface area (Å²) in [6.07, 6.45) is -3.81. The first kappa shape index (κ1) is 14.4. The molecule has 0 heterocycles. The predicted octanol–water partition coefficient (Wildman–Crippen LogP) is 4.95. The van der Waals surface area contributed by atoms with Crippen molar-refractivity contribution in [2.75, 3.05) is 0 Å². The van der Waals surface area contributed by atoms with Crippen LogP contribution in [0, 0.1) is 0 Å². The summed E-state index contributed by atoms with van der Waals surface area (Å²) < 4.78 is 39.3. The fourth-order valence-electron chi connectivity index (χ4n) is 2.40. The molecule has 0 aliphatic rings. The van der Waals surface area contributed by atoms with E-state index >= 15 is 0 Å². The molecule has 2 aromatic carbocycles. The summed E-state index contributed by atoms with van der Waals surface area (Å²) in [5, 5.41) is 9.29. The molecular formula is C16H15F3O. The van der Waals surface area contributed by atoms with E-state index in [2.05, 4.69) is 0 Å². The Morgan fingerprint density at radius 1 is 1.00 bits per heavy atom. The molecule has 2 aromatic rings. The van der Waals surface area contributed by atoms with Gasteiger partial charge >= 0.3 is 6.18 Å². The molecule has 4 heteroatoms. The first-order chi connectivity index (χ1) is 9.43. The van der Waals surface area contributed by atoms with Crippen LogP contribution >= 0.6 is 0 Å². The van der Waals surface area contributed by atoms with Gasteiger partial charge < -0.3 is 5.11 Å². The zero-order chi connectivity index (χ0) is 14.8. The smallest absolute Gasteiger partial charge is 0.416 e. The van der Waals surface area contributed by atoms with Gasteiger partial charge in [-0.25, -0.2) is 0 Å². The number of hydrogen-bond acceptors (Lipinski definition) is 1. The second kappa shape index (κ2) is 5.57. The molecule has 106 valence electrons. The molecule has 0 aromatic heterocycles. The van der Waals surface area contributed by atoms with E-state index in [1.807, 2.05) is 6.92 Å². The topological polar surface area (TPSA) is 20.2 Å². The minimum atomic E-state index is -4.36. The monoisotopic (exact) mass is 280 g/mol. The molecule has 0 spiro atoms. The van der Waals surface area contributed by atoms with Crippen LogP contribution in [0.15, 0.2) is 48.5 Å². The highest BCUT2D eigenvalue weighted by Crippen LogP contribution is 2.38. The zero-order valence-corrected chi connectivity index (χ0v) is 11.0. The highest BCUT2D eigenvalue weighted by molar-refractivity contribution is 5.40. The summed E-state index contributed by atoms with van der Waals surface area (Å²) in [4.78, 5) is 0. The van der Waals surface area contributed by atoms with Crippen LogP contribution < -0.4 is 0 Å². The largest absolute Gasteiger partial charge is 0.508 e. The van der Waals surface area contributed by atoms with Crippen molar-refractivity contribution in [3.8, 4) is 5.75 Å². The lowest BCUT2D eigenvalue weighted by atomic mass is 9.86. The first-order valence-corrected chi connectivity index (χ1v) is 6.38. The quantitative estimate of drug-likeness (QED) is 0.843. The van der Waals surface area contributed by atoms with E-state index in [1.54, 1.807) is 18.2 Å². The lowest BCUT2D eigenvalue weighted by Crippen LogP contribution is -2.12. The van der Waals surface area contributed by atoms with E-state index in [9.17, 15) is 18.3 Å². The number of hydrogen-bond donors (Lipinski definition) is 1. The minimum Gasteiger partial charge on any atom is -0.508 e. The maximum absolute atomic E-state index is 13.1. The van der Waals surface area contributed by atoms with Gasteiger partial charge in [0.1, 0.15) is 5.75 Å². The number of phenolic OH excluding ortho intramolecular Hbond substituents is 1. The molecule has 1 atom stereocenters. The summed E-state index contributed by atoms with van der Waals surface area (Å²) >= 11 is 0. The molecule has 0 radical (unpaired) electrons. The molecular weight excluding hydrogens is 265 g/mol. The highest BCUT2D eigenvalue weighted by Gasteiger charge is 2.34. The second-order valence-corrected chi connectivity index (χ2v) is 4.64. The van der Waals surface area contributed by atoms with Gasteiger partial charge in [-0.2, -0.15) is 13.2 Å². The fraction of sp³-hybridized carbons (Fsp3) is 0.250. The van der Waals surface area contributed by atoms with Gasteiger partial charge in [0.15, 0.2) is 0 Å². The van der Waals surface area contributed by atoms with Crippen LogP contribution in [-0.4, -0.2) is 5.11 Å². The van der Waals surface area contributed by atoms with Gasteiger partial charge in [0, 0.05) is 5.92 Å². The summed E-state index contributed by atoms with van der Waals surface area (Å²) in [5.41, 5.74) is 0.440. The maximum atomic E-state index is 13.1. The SMILES string of the molecule is CCC(c1ccc(O)cc1)c1ccccc1C(F)(F)F. The van der Waals surface area contributed by atoms with Gasteiger partial charge in [0.25, 0.3) is 0 Å². The molecule has 20 heavy (non-hydrogen) atoms. The van der Waals surface area contributed by atoms with E-state index in [1.165, 1.54) is 24.3 Å². The van der Waals surface area contributed by atoms with E-state index in [-0.39, 0.29) is 17.2 Å². The Bertz CT molecular complexity index is 573. The van der Waals surface area contributed by atoms with E-state index in [0.717, 1.165) is 11.6 Å². The summed E-state index contributed by atoms with van der Waals surface area (Å²) in [6.45, 7) is 1.85. The van der Waals surface area contributed by atoms with Crippen LogP contribution in [0.1, 0.15) is 36.0 Å². The second-order valence-electron chi connectivity index (χ2n) is 4.64. The molecule has 0 aliphatic heterocycles. The third-order valence-corrected chi connectivity index (χ3v) is 3.35. The van der Waals surface area contributed by atoms with Gasteiger partial charge in [-0.15, -0.1) is 0 Å². The molecule has 0 saturated carbocycles. The van der Waals surface area contributed by atoms with Crippen molar-refractivity contribution < 1.29 is 18.3 Å². The van der Waals surface area contributed by atoms with Crippen LogP contribution in [0.25, 0.3) is 0 Å². The number of alkyl halides is 3. The lowest BCUT2D eigenvalue weighted by Gasteiger charge is -2.21. The number of rotatable bonds is 3.